The minimum Gasteiger partial charge on any atom is -0.493 e. The maximum Gasteiger partial charge on any atom is 0.416 e. The van der Waals surface area contributed by atoms with E-state index in [1.54, 1.807) is 24.3 Å². The van der Waals surface area contributed by atoms with Crippen LogP contribution in [0.25, 0.3) is 0 Å². The number of hydrogen-bond acceptors (Lipinski definition) is 2. The third kappa shape index (κ3) is 4.48. The molecule has 6 heteroatoms. The fourth-order valence-electron chi connectivity index (χ4n) is 2.02. The number of amides is 1. The van der Waals surface area contributed by atoms with Gasteiger partial charge in [-0.25, -0.2) is 0 Å². The highest BCUT2D eigenvalue weighted by Gasteiger charge is 2.29. The Labute approximate surface area is 132 Å². The zero-order valence-corrected chi connectivity index (χ0v) is 12.5. The molecule has 1 N–H and O–H groups in total. The van der Waals surface area contributed by atoms with Gasteiger partial charge in [-0.3, -0.25) is 4.79 Å². The Morgan fingerprint density at radius 2 is 1.74 bits per heavy atom. The maximum absolute atomic E-state index is 12.5. The predicted molar refractivity (Wildman–Crippen MR) is 80.2 cm³/mol. The van der Waals surface area contributed by atoms with E-state index in [2.05, 4.69) is 5.32 Å². The summed E-state index contributed by atoms with van der Waals surface area (Å²) in [5, 5.41) is 2.67. The van der Waals surface area contributed by atoms with Crippen molar-refractivity contribution in [3.8, 4) is 5.75 Å². The van der Waals surface area contributed by atoms with Crippen molar-refractivity contribution in [1.82, 2.24) is 5.32 Å². The van der Waals surface area contributed by atoms with Gasteiger partial charge in [-0.05, 0) is 36.8 Å². The van der Waals surface area contributed by atoms with E-state index in [0.29, 0.717) is 23.5 Å². The minimum absolute atomic E-state index is 0.136. The summed E-state index contributed by atoms with van der Waals surface area (Å²) in [4.78, 5) is 12.2. The summed E-state index contributed by atoms with van der Waals surface area (Å²) >= 11 is 0. The van der Waals surface area contributed by atoms with Crippen molar-refractivity contribution >= 4 is 5.91 Å². The van der Waals surface area contributed by atoms with Gasteiger partial charge in [0.15, 0.2) is 0 Å². The van der Waals surface area contributed by atoms with Crippen LogP contribution in [-0.4, -0.2) is 12.5 Å². The molecule has 0 fully saturated rings. The highest BCUT2D eigenvalue weighted by Crippen LogP contribution is 2.29. The van der Waals surface area contributed by atoms with Crippen molar-refractivity contribution in [3.63, 3.8) is 0 Å². The third-order valence-electron chi connectivity index (χ3n) is 3.17. The number of hydrogen-bond donors (Lipinski definition) is 1. The molecule has 2 aromatic rings. The van der Waals surface area contributed by atoms with Gasteiger partial charge >= 0.3 is 6.18 Å². The largest absolute Gasteiger partial charge is 0.493 e. The van der Waals surface area contributed by atoms with Gasteiger partial charge in [0.1, 0.15) is 5.75 Å². The first-order valence-electron chi connectivity index (χ1n) is 7.08. The summed E-state index contributed by atoms with van der Waals surface area (Å²) in [6.07, 6.45) is -4.36. The normalized spacial score (nSPS) is 11.1. The fourth-order valence-corrected chi connectivity index (χ4v) is 2.02. The summed E-state index contributed by atoms with van der Waals surface area (Å²) in [5.41, 5.74) is 0.260. The van der Waals surface area contributed by atoms with Crippen molar-refractivity contribution < 1.29 is 22.7 Å². The lowest BCUT2D eigenvalue weighted by Crippen LogP contribution is -2.23. The minimum atomic E-state index is -4.36. The molecule has 0 aromatic heterocycles. The second-order valence-electron chi connectivity index (χ2n) is 4.81. The Kier molecular flexibility index (Phi) is 5.26. The Morgan fingerprint density at radius 1 is 1.09 bits per heavy atom. The van der Waals surface area contributed by atoms with Crippen molar-refractivity contribution in [1.29, 1.82) is 0 Å². The maximum atomic E-state index is 12.5. The molecule has 1 amide bonds. The average Bonchev–Trinajstić information content (AvgIpc) is 2.53. The summed E-state index contributed by atoms with van der Waals surface area (Å²) in [5.74, 6) is 0.133. The molecule has 0 radical (unpaired) electrons. The molecule has 2 aromatic carbocycles. The number of carbonyl (C=O) groups is 1. The topological polar surface area (TPSA) is 38.3 Å². The zero-order chi connectivity index (χ0) is 16.9. The van der Waals surface area contributed by atoms with Crippen molar-refractivity contribution in [2.45, 2.75) is 19.6 Å². The number of halogens is 3. The number of nitrogens with one attached hydrogen (secondary N) is 1. The fraction of sp³-hybridized carbons (Fsp3) is 0.235. The SMILES string of the molecule is CCOc1ccccc1C(=O)NCc1ccc(C(F)(F)F)cc1. The lowest BCUT2D eigenvalue weighted by Gasteiger charge is -2.11. The van der Waals surface area contributed by atoms with Crippen molar-refractivity contribution in [3.05, 3.63) is 65.2 Å². The Balaban J connectivity index is 2.02. The Morgan fingerprint density at radius 3 is 2.35 bits per heavy atom. The first kappa shape index (κ1) is 16.9. The van der Waals surface area contributed by atoms with Crippen LogP contribution < -0.4 is 10.1 Å². The van der Waals surface area contributed by atoms with E-state index in [-0.39, 0.29) is 12.5 Å². The van der Waals surface area contributed by atoms with Gasteiger partial charge in [-0.2, -0.15) is 13.2 Å². The van der Waals surface area contributed by atoms with Crippen LogP contribution >= 0.6 is 0 Å². The lowest BCUT2D eigenvalue weighted by atomic mass is 10.1. The first-order valence-corrected chi connectivity index (χ1v) is 7.08. The number of para-hydroxylation sites is 1. The van der Waals surface area contributed by atoms with Crippen LogP contribution in [0.4, 0.5) is 13.2 Å². The Hall–Kier alpha value is -2.50. The van der Waals surface area contributed by atoms with E-state index in [0.717, 1.165) is 12.1 Å². The van der Waals surface area contributed by atoms with Crippen LogP contribution in [0.1, 0.15) is 28.4 Å². The molecule has 0 unspecified atom stereocenters. The standard InChI is InChI=1S/C17H16F3NO2/c1-2-23-15-6-4-3-5-14(15)16(22)21-11-12-7-9-13(10-8-12)17(18,19)20/h3-10H,2,11H2,1H3,(H,21,22). The summed E-state index contributed by atoms with van der Waals surface area (Å²) in [6.45, 7) is 2.39. The summed E-state index contributed by atoms with van der Waals surface area (Å²) in [7, 11) is 0. The molecule has 0 saturated carbocycles. The monoisotopic (exact) mass is 323 g/mol. The van der Waals surface area contributed by atoms with E-state index < -0.39 is 11.7 Å². The lowest BCUT2D eigenvalue weighted by molar-refractivity contribution is -0.137. The molecule has 0 heterocycles. The van der Waals surface area contributed by atoms with Gasteiger partial charge in [-0.15, -0.1) is 0 Å². The molecule has 2 rings (SSSR count). The van der Waals surface area contributed by atoms with Gasteiger partial charge < -0.3 is 10.1 Å². The zero-order valence-electron chi connectivity index (χ0n) is 12.5. The molecular weight excluding hydrogens is 307 g/mol. The van der Waals surface area contributed by atoms with Crippen molar-refractivity contribution in [2.75, 3.05) is 6.61 Å². The van der Waals surface area contributed by atoms with E-state index in [9.17, 15) is 18.0 Å². The Bertz CT molecular complexity index is 666. The molecular formula is C17H16F3NO2. The van der Waals surface area contributed by atoms with Crippen LogP contribution in [0.15, 0.2) is 48.5 Å². The molecule has 0 atom stereocenters. The second-order valence-corrected chi connectivity index (χ2v) is 4.81. The molecule has 0 saturated heterocycles. The number of carbonyl (C=O) groups excluding carboxylic acids is 1. The molecule has 3 nitrogen and oxygen atoms in total. The first-order chi connectivity index (χ1) is 10.9. The van der Waals surface area contributed by atoms with Gasteiger partial charge in [0.2, 0.25) is 0 Å². The van der Waals surface area contributed by atoms with E-state index in [4.69, 9.17) is 4.74 Å². The van der Waals surface area contributed by atoms with E-state index >= 15 is 0 Å². The van der Waals surface area contributed by atoms with Crippen LogP contribution in [0.5, 0.6) is 5.75 Å². The molecule has 0 aliphatic rings. The van der Waals surface area contributed by atoms with Gasteiger partial charge in [0.05, 0.1) is 17.7 Å². The van der Waals surface area contributed by atoms with E-state index in [1.165, 1.54) is 12.1 Å². The van der Waals surface area contributed by atoms with Crippen LogP contribution in [0, 0.1) is 0 Å². The molecule has 122 valence electrons. The molecule has 0 aliphatic heterocycles. The highest BCUT2D eigenvalue weighted by atomic mass is 19.4. The second kappa shape index (κ2) is 7.17. The smallest absolute Gasteiger partial charge is 0.416 e. The third-order valence-corrected chi connectivity index (χ3v) is 3.17. The van der Waals surface area contributed by atoms with Crippen LogP contribution in [-0.2, 0) is 12.7 Å². The molecule has 0 spiro atoms. The van der Waals surface area contributed by atoms with Crippen LogP contribution in [0.3, 0.4) is 0 Å². The quantitative estimate of drug-likeness (QED) is 0.902. The number of benzene rings is 2. The molecule has 0 aliphatic carbocycles. The molecule has 0 bridgehead atoms. The highest BCUT2D eigenvalue weighted by molar-refractivity contribution is 5.96. The van der Waals surface area contributed by atoms with Gasteiger partial charge in [0.25, 0.3) is 5.91 Å². The predicted octanol–water partition coefficient (Wildman–Crippen LogP) is 4.03. The average molecular weight is 323 g/mol. The van der Waals surface area contributed by atoms with Crippen LogP contribution in [0.2, 0.25) is 0 Å². The summed E-state index contributed by atoms with van der Waals surface area (Å²) in [6, 6.07) is 11.5. The number of ether oxygens (including phenoxy) is 1. The van der Waals surface area contributed by atoms with Crippen molar-refractivity contribution in [2.24, 2.45) is 0 Å². The van der Waals surface area contributed by atoms with E-state index in [1.807, 2.05) is 6.92 Å². The molecule has 23 heavy (non-hydrogen) atoms. The number of alkyl halides is 3. The summed E-state index contributed by atoms with van der Waals surface area (Å²) < 4.78 is 42.8. The van der Waals surface area contributed by atoms with Gasteiger partial charge in [-0.1, -0.05) is 24.3 Å². The number of rotatable bonds is 5. The van der Waals surface area contributed by atoms with Gasteiger partial charge in [0, 0.05) is 6.54 Å².